The van der Waals surface area contributed by atoms with E-state index < -0.39 is 11.9 Å². The SMILES string of the molecule is OC1(C(F)(F)F)C=Cc2ccccc2N1. The summed E-state index contributed by atoms with van der Waals surface area (Å²) in [5.41, 5.74) is -2.09. The van der Waals surface area contributed by atoms with Gasteiger partial charge >= 0.3 is 6.18 Å². The van der Waals surface area contributed by atoms with Crippen molar-refractivity contribution in [2.45, 2.75) is 11.9 Å². The molecule has 0 aromatic heterocycles. The highest BCUT2D eigenvalue weighted by Crippen LogP contribution is 2.37. The molecule has 15 heavy (non-hydrogen) atoms. The summed E-state index contributed by atoms with van der Waals surface area (Å²) in [7, 11) is 0. The summed E-state index contributed by atoms with van der Waals surface area (Å²) in [6.07, 6.45) is -2.79. The van der Waals surface area contributed by atoms with E-state index in [1.54, 1.807) is 18.2 Å². The Labute approximate surface area is 84.0 Å². The number of fused-ring (bicyclic) bond motifs is 1. The van der Waals surface area contributed by atoms with E-state index in [4.69, 9.17) is 0 Å². The third-order valence-electron chi connectivity index (χ3n) is 2.22. The van der Waals surface area contributed by atoms with Crippen molar-refractivity contribution >= 4 is 11.8 Å². The van der Waals surface area contributed by atoms with E-state index in [9.17, 15) is 18.3 Å². The minimum absolute atomic E-state index is 0.264. The lowest BCUT2D eigenvalue weighted by Crippen LogP contribution is -2.51. The van der Waals surface area contributed by atoms with Crippen LogP contribution in [-0.2, 0) is 0 Å². The smallest absolute Gasteiger partial charge is 0.360 e. The lowest BCUT2D eigenvalue weighted by atomic mass is 10.0. The molecule has 0 saturated carbocycles. The Balaban J connectivity index is 2.42. The van der Waals surface area contributed by atoms with Gasteiger partial charge in [0.05, 0.1) is 0 Å². The quantitative estimate of drug-likeness (QED) is 0.696. The minimum atomic E-state index is -4.74. The van der Waals surface area contributed by atoms with Gasteiger partial charge in [-0.1, -0.05) is 24.3 Å². The predicted molar refractivity (Wildman–Crippen MR) is 50.1 cm³/mol. The molecule has 0 aliphatic carbocycles. The molecule has 1 aliphatic rings. The monoisotopic (exact) mass is 215 g/mol. The number of alkyl halides is 3. The summed E-state index contributed by atoms with van der Waals surface area (Å²) in [5, 5.41) is 11.4. The maximum atomic E-state index is 12.5. The molecule has 1 aromatic rings. The van der Waals surface area contributed by atoms with Crippen LogP contribution in [0.2, 0.25) is 0 Å². The average Bonchev–Trinajstić information content (AvgIpc) is 2.16. The van der Waals surface area contributed by atoms with Gasteiger partial charge in [0.25, 0.3) is 5.72 Å². The molecule has 0 fully saturated rings. The number of hydrogen-bond donors (Lipinski definition) is 2. The van der Waals surface area contributed by atoms with E-state index in [0.717, 1.165) is 0 Å². The molecule has 0 bridgehead atoms. The van der Waals surface area contributed by atoms with Gasteiger partial charge in [0, 0.05) is 5.69 Å². The summed E-state index contributed by atoms with van der Waals surface area (Å²) < 4.78 is 37.4. The van der Waals surface area contributed by atoms with Crippen LogP contribution in [-0.4, -0.2) is 17.0 Å². The molecule has 0 radical (unpaired) electrons. The molecule has 0 saturated heterocycles. The van der Waals surface area contributed by atoms with Crippen molar-refractivity contribution < 1.29 is 18.3 Å². The first-order valence-corrected chi connectivity index (χ1v) is 4.28. The van der Waals surface area contributed by atoms with Gasteiger partial charge in [0.15, 0.2) is 0 Å². The molecule has 0 spiro atoms. The average molecular weight is 215 g/mol. The second-order valence-corrected chi connectivity index (χ2v) is 3.31. The van der Waals surface area contributed by atoms with E-state index in [1.807, 2.05) is 0 Å². The van der Waals surface area contributed by atoms with E-state index >= 15 is 0 Å². The summed E-state index contributed by atoms with van der Waals surface area (Å²) in [5.74, 6) is 0. The van der Waals surface area contributed by atoms with Crippen LogP contribution in [0.5, 0.6) is 0 Å². The maximum absolute atomic E-state index is 12.5. The van der Waals surface area contributed by atoms with Crippen molar-refractivity contribution in [2.75, 3.05) is 5.32 Å². The summed E-state index contributed by atoms with van der Waals surface area (Å²) >= 11 is 0. The van der Waals surface area contributed by atoms with Crippen LogP contribution in [0.15, 0.2) is 30.3 Å². The topological polar surface area (TPSA) is 32.3 Å². The number of nitrogens with one attached hydrogen (secondary N) is 1. The van der Waals surface area contributed by atoms with Gasteiger partial charge in [-0.05, 0) is 17.7 Å². The highest BCUT2D eigenvalue weighted by Gasteiger charge is 2.53. The van der Waals surface area contributed by atoms with Crippen molar-refractivity contribution in [3.63, 3.8) is 0 Å². The summed E-state index contributed by atoms with van der Waals surface area (Å²) in [6.45, 7) is 0. The van der Waals surface area contributed by atoms with Crippen molar-refractivity contribution in [2.24, 2.45) is 0 Å². The van der Waals surface area contributed by atoms with E-state index in [0.29, 0.717) is 11.6 Å². The van der Waals surface area contributed by atoms with Gasteiger partial charge in [0.1, 0.15) is 0 Å². The largest absolute Gasteiger partial charge is 0.440 e. The fraction of sp³-hybridized carbons (Fsp3) is 0.200. The van der Waals surface area contributed by atoms with E-state index in [2.05, 4.69) is 5.32 Å². The Morgan fingerprint density at radius 1 is 1.20 bits per heavy atom. The number of hydrogen-bond acceptors (Lipinski definition) is 2. The molecule has 1 heterocycles. The maximum Gasteiger partial charge on any atom is 0.440 e. The molecule has 80 valence electrons. The molecule has 2 nitrogen and oxygen atoms in total. The highest BCUT2D eigenvalue weighted by atomic mass is 19.4. The van der Waals surface area contributed by atoms with Gasteiger partial charge in [-0.2, -0.15) is 13.2 Å². The van der Waals surface area contributed by atoms with Crippen LogP contribution >= 0.6 is 0 Å². The Bertz CT molecular complexity index is 413. The van der Waals surface area contributed by atoms with Gasteiger partial charge in [-0.15, -0.1) is 0 Å². The molecular weight excluding hydrogens is 207 g/mol. The van der Waals surface area contributed by atoms with Crippen molar-refractivity contribution in [1.82, 2.24) is 0 Å². The number of rotatable bonds is 0. The fourth-order valence-corrected chi connectivity index (χ4v) is 1.38. The van der Waals surface area contributed by atoms with E-state index in [1.165, 1.54) is 12.1 Å². The molecule has 1 aliphatic heterocycles. The number of para-hydroxylation sites is 1. The highest BCUT2D eigenvalue weighted by molar-refractivity contribution is 5.71. The lowest BCUT2D eigenvalue weighted by Gasteiger charge is -2.32. The first kappa shape index (κ1) is 10.0. The molecule has 1 aromatic carbocycles. The second kappa shape index (κ2) is 3.00. The fourth-order valence-electron chi connectivity index (χ4n) is 1.38. The third kappa shape index (κ3) is 1.59. The number of aliphatic hydroxyl groups is 1. The van der Waals surface area contributed by atoms with Gasteiger partial charge < -0.3 is 10.4 Å². The van der Waals surface area contributed by atoms with Gasteiger partial charge in [-0.3, -0.25) is 0 Å². The Morgan fingerprint density at radius 2 is 1.87 bits per heavy atom. The van der Waals surface area contributed by atoms with Crippen molar-refractivity contribution in [1.29, 1.82) is 0 Å². The Kier molecular flexibility index (Phi) is 2.01. The zero-order valence-electron chi connectivity index (χ0n) is 7.55. The molecule has 2 rings (SSSR count). The zero-order valence-corrected chi connectivity index (χ0v) is 7.55. The standard InChI is InChI=1S/C10H8F3NO/c11-10(12,13)9(15)6-5-7-3-1-2-4-8(7)14-9/h1-6,14-15H. The minimum Gasteiger partial charge on any atom is -0.360 e. The second-order valence-electron chi connectivity index (χ2n) is 3.31. The lowest BCUT2D eigenvalue weighted by molar-refractivity contribution is -0.228. The van der Waals surface area contributed by atoms with E-state index in [-0.39, 0.29) is 5.69 Å². The number of halogens is 3. The number of anilines is 1. The zero-order chi connectivity index (χ0) is 11.1. The van der Waals surface area contributed by atoms with Gasteiger partial charge in [-0.25, -0.2) is 0 Å². The molecule has 2 N–H and O–H groups in total. The van der Waals surface area contributed by atoms with Crippen LogP contribution in [0.3, 0.4) is 0 Å². The normalized spacial score (nSPS) is 24.5. The summed E-state index contributed by atoms with van der Waals surface area (Å²) in [6, 6.07) is 6.45. The third-order valence-corrected chi connectivity index (χ3v) is 2.22. The molecule has 0 amide bonds. The first-order chi connectivity index (χ1) is 6.92. The molecule has 5 heteroatoms. The van der Waals surface area contributed by atoms with Crippen LogP contribution in [0.4, 0.5) is 18.9 Å². The van der Waals surface area contributed by atoms with Gasteiger partial charge in [0.2, 0.25) is 0 Å². The van der Waals surface area contributed by atoms with Crippen molar-refractivity contribution in [3.05, 3.63) is 35.9 Å². The Morgan fingerprint density at radius 3 is 2.53 bits per heavy atom. The Hall–Kier alpha value is -1.49. The van der Waals surface area contributed by atoms with Crippen LogP contribution in [0.25, 0.3) is 6.08 Å². The molecule has 1 unspecified atom stereocenters. The molecule has 1 atom stereocenters. The van der Waals surface area contributed by atoms with Crippen LogP contribution < -0.4 is 5.32 Å². The van der Waals surface area contributed by atoms with Crippen molar-refractivity contribution in [3.8, 4) is 0 Å². The molecular formula is C10H8F3NO. The summed E-state index contributed by atoms with van der Waals surface area (Å²) in [4.78, 5) is 0. The number of benzene rings is 1. The van der Waals surface area contributed by atoms with Crippen LogP contribution in [0, 0.1) is 0 Å². The van der Waals surface area contributed by atoms with Crippen LogP contribution in [0.1, 0.15) is 5.56 Å². The predicted octanol–water partition coefficient (Wildman–Crippen LogP) is 2.38. The first-order valence-electron chi connectivity index (χ1n) is 4.28.